The molecule has 2 bridgehead atoms. The zero-order chi connectivity index (χ0) is 24.3. The number of hydrogen-bond donors (Lipinski definition) is 4. The first-order valence-electron chi connectivity index (χ1n) is 10.8. The van der Waals surface area contributed by atoms with Crippen molar-refractivity contribution in [2.24, 2.45) is 0 Å². The SMILES string of the molecule is CONC(C(=O)N[C@@H]1C(=O)N2C(C(=O)[O-])=C(C[N+]34CCC(O)(CC3)C4)CS[C@@H]12)c1nsc(N)n1. The number of carbonyl (C=O) groups excluding carboxylic acids is 3. The average molecular weight is 512 g/mol. The fraction of sp³-hybridized carbons (Fsp3) is 0.632. The van der Waals surface area contributed by atoms with Crippen LogP contribution in [0.1, 0.15) is 24.7 Å². The molecule has 0 saturated carbocycles. The van der Waals surface area contributed by atoms with Crippen molar-refractivity contribution in [3.8, 4) is 0 Å². The van der Waals surface area contributed by atoms with Crippen molar-refractivity contribution < 1.29 is 33.9 Å². The number of piperidine rings is 1. The van der Waals surface area contributed by atoms with E-state index in [9.17, 15) is 24.6 Å². The second-order valence-electron chi connectivity index (χ2n) is 9.21. The zero-order valence-electron chi connectivity index (χ0n) is 18.4. The van der Waals surface area contributed by atoms with E-state index in [-0.39, 0.29) is 16.7 Å². The van der Waals surface area contributed by atoms with Crippen LogP contribution in [0.25, 0.3) is 0 Å². The van der Waals surface area contributed by atoms with Crippen molar-refractivity contribution in [2.75, 3.05) is 44.8 Å². The Balaban J connectivity index is 1.32. The Morgan fingerprint density at radius 2 is 2.18 bits per heavy atom. The van der Waals surface area contributed by atoms with E-state index in [1.165, 1.54) is 23.8 Å². The van der Waals surface area contributed by atoms with E-state index < -0.39 is 40.8 Å². The molecule has 0 spiro atoms. The van der Waals surface area contributed by atoms with Gasteiger partial charge in [0.1, 0.15) is 30.1 Å². The molecule has 5 heterocycles. The number of carboxylic acid groups (broad SMARTS) is 1. The van der Waals surface area contributed by atoms with Gasteiger partial charge in [-0.25, -0.2) is 4.98 Å². The standard InChI is InChI=1S/C19H25N7O6S2/c1-32-23-10(13-22-18(20)34-24-13)14(27)21-11-15(28)25-12(17(29)30)9(7-33-16(11)25)6-26-4-2-19(31,8-26)3-5-26/h10-11,16,23,31H,2-8H2,1H3,(H3-,20,21,22,24,27,29,30)/t10?,11-,16+,19?,26?/m1/s1. The van der Waals surface area contributed by atoms with Crippen molar-refractivity contribution in [1.82, 2.24) is 25.1 Å². The highest BCUT2D eigenvalue weighted by Gasteiger charge is 2.57. The molecule has 3 atom stereocenters. The number of nitrogens with one attached hydrogen (secondary N) is 2. The van der Waals surface area contributed by atoms with Gasteiger partial charge >= 0.3 is 0 Å². The van der Waals surface area contributed by atoms with Gasteiger partial charge < -0.3 is 35.4 Å². The molecule has 0 radical (unpaired) electrons. The maximum Gasteiger partial charge on any atom is 0.253 e. The van der Waals surface area contributed by atoms with Crippen LogP contribution in [0, 0.1) is 0 Å². The van der Waals surface area contributed by atoms with Crippen LogP contribution in [-0.4, -0.2) is 97.7 Å². The first-order chi connectivity index (χ1) is 16.2. The Morgan fingerprint density at radius 1 is 1.44 bits per heavy atom. The Morgan fingerprint density at radius 3 is 2.74 bits per heavy atom. The van der Waals surface area contributed by atoms with Crippen molar-refractivity contribution in [2.45, 2.75) is 35.9 Å². The quantitative estimate of drug-likeness (QED) is 0.159. The predicted octanol–water partition coefficient (Wildman–Crippen LogP) is -2.93. The second-order valence-corrected chi connectivity index (χ2v) is 11.1. The van der Waals surface area contributed by atoms with Gasteiger partial charge in [-0.15, -0.1) is 11.8 Å². The van der Waals surface area contributed by atoms with Crippen LogP contribution < -0.4 is 21.6 Å². The van der Waals surface area contributed by atoms with Gasteiger partial charge in [0, 0.05) is 35.7 Å². The lowest BCUT2D eigenvalue weighted by Gasteiger charge is -2.51. The van der Waals surface area contributed by atoms with Crippen LogP contribution in [-0.2, 0) is 19.2 Å². The van der Waals surface area contributed by atoms with Gasteiger partial charge in [-0.05, 0) is 0 Å². The Hall–Kier alpha value is -2.30. The first-order valence-corrected chi connectivity index (χ1v) is 12.6. The molecule has 3 saturated heterocycles. The third-order valence-electron chi connectivity index (χ3n) is 7.01. The molecule has 1 aromatic rings. The Kier molecular flexibility index (Phi) is 5.81. The number of anilines is 1. The highest BCUT2D eigenvalue weighted by molar-refractivity contribution is 8.00. The van der Waals surface area contributed by atoms with Crippen LogP contribution in [0.4, 0.5) is 5.13 Å². The smallest absolute Gasteiger partial charge is 0.253 e. The minimum Gasteiger partial charge on any atom is -0.543 e. The number of aromatic nitrogens is 2. The first kappa shape index (κ1) is 23.4. The molecule has 5 N–H and O–H groups in total. The number of thioether (sulfide) groups is 1. The van der Waals surface area contributed by atoms with Gasteiger partial charge in [0.15, 0.2) is 17.0 Å². The fourth-order valence-corrected chi connectivity index (χ4v) is 7.23. The largest absolute Gasteiger partial charge is 0.543 e. The number of aliphatic carboxylic acids is 1. The normalized spacial score (nSPS) is 33.0. The molecule has 4 aliphatic rings. The predicted molar refractivity (Wildman–Crippen MR) is 118 cm³/mol. The van der Waals surface area contributed by atoms with Crippen molar-refractivity contribution >= 4 is 46.2 Å². The second kappa shape index (κ2) is 8.42. The molecule has 2 amide bonds. The summed E-state index contributed by atoms with van der Waals surface area (Å²) >= 11 is 2.31. The summed E-state index contributed by atoms with van der Waals surface area (Å²) in [6.45, 7) is 2.62. The maximum atomic E-state index is 13.0. The molecule has 1 aromatic heterocycles. The number of nitrogen functional groups attached to an aromatic ring is 1. The molecular weight excluding hydrogens is 486 g/mol. The van der Waals surface area contributed by atoms with E-state index >= 15 is 0 Å². The molecule has 0 aromatic carbocycles. The average Bonchev–Trinajstić information content (AvgIpc) is 3.47. The lowest BCUT2D eigenvalue weighted by Crippen LogP contribution is -2.72. The zero-order valence-corrected chi connectivity index (χ0v) is 20.0. The number of carbonyl (C=O) groups is 3. The number of quaternary nitrogens is 1. The van der Waals surface area contributed by atoms with Gasteiger partial charge in [-0.3, -0.25) is 14.5 Å². The molecule has 5 rings (SSSR count). The molecule has 0 aliphatic carbocycles. The van der Waals surface area contributed by atoms with E-state index in [0.29, 0.717) is 41.7 Å². The molecule has 34 heavy (non-hydrogen) atoms. The van der Waals surface area contributed by atoms with E-state index in [1.54, 1.807) is 0 Å². The van der Waals surface area contributed by atoms with Gasteiger partial charge in [0.05, 0.1) is 31.9 Å². The maximum absolute atomic E-state index is 13.0. The van der Waals surface area contributed by atoms with Crippen LogP contribution in [0.5, 0.6) is 0 Å². The number of carboxylic acids is 1. The summed E-state index contributed by atoms with van der Waals surface area (Å²) < 4.78 is 4.64. The van der Waals surface area contributed by atoms with Crippen molar-refractivity contribution in [3.63, 3.8) is 0 Å². The number of aliphatic hydroxyl groups is 1. The summed E-state index contributed by atoms with van der Waals surface area (Å²) in [7, 11) is 1.33. The summed E-state index contributed by atoms with van der Waals surface area (Å²) in [5, 5.41) is 24.9. The molecule has 15 heteroatoms. The molecule has 13 nitrogen and oxygen atoms in total. The summed E-state index contributed by atoms with van der Waals surface area (Å²) in [4.78, 5) is 48.0. The molecule has 3 fully saturated rings. The van der Waals surface area contributed by atoms with Gasteiger partial charge in [-0.1, -0.05) is 0 Å². The Labute approximate surface area is 203 Å². The number of hydrogen-bond acceptors (Lipinski definition) is 12. The van der Waals surface area contributed by atoms with Crippen LogP contribution in [0.15, 0.2) is 11.3 Å². The third-order valence-corrected chi connectivity index (χ3v) is 8.91. The Bertz CT molecular complexity index is 1070. The number of β-lactam (4-membered cyclic amide) rings is 1. The van der Waals surface area contributed by atoms with Crippen LogP contribution in [0.3, 0.4) is 0 Å². The van der Waals surface area contributed by atoms with Crippen LogP contribution >= 0.6 is 23.3 Å². The summed E-state index contributed by atoms with van der Waals surface area (Å²) in [5.41, 5.74) is 7.94. The number of rotatable bonds is 8. The number of hydroxylamine groups is 1. The number of fused-ring (bicyclic) bond motifs is 3. The third kappa shape index (κ3) is 3.85. The van der Waals surface area contributed by atoms with E-state index in [1.807, 2.05) is 0 Å². The number of nitrogens with zero attached hydrogens (tertiary/aromatic N) is 4. The monoisotopic (exact) mass is 511 g/mol. The van der Waals surface area contributed by atoms with Crippen molar-refractivity contribution in [3.05, 3.63) is 17.1 Å². The number of amides is 2. The highest BCUT2D eigenvalue weighted by Crippen LogP contribution is 2.44. The minimum absolute atomic E-state index is 0.101. The topological polar surface area (TPSA) is 183 Å². The summed E-state index contributed by atoms with van der Waals surface area (Å²) in [5.74, 6) is -2.04. The van der Waals surface area contributed by atoms with Crippen molar-refractivity contribution in [1.29, 1.82) is 0 Å². The summed E-state index contributed by atoms with van der Waals surface area (Å²) in [6.07, 6.45) is 1.40. The minimum atomic E-state index is -1.41. The molecule has 184 valence electrons. The van der Waals surface area contributed by atoms with Gasteiger partial charge in [0.2, 0.25) is 5.91 Å². The van der Waals surface area contributed by atoms with Gasteiger partial charge in [0.25, 0.3) is 5.91 Å². The van der Waals surface area contributed by atoms with E-state index in [4.69, 9.17) is 10.6 Å². The molecular formula is C19H25N7O6S2. The number of nitrogens with two attached hydrogens (primary N) is 1. The summed E-state index contributed by atoms with van der Waals surface area (Å²) in [6, 6.07) is -2.01. The lowest BCUT2D eigenvalue weighted by atomic mass is 10.00. The highest BCUT2D eigenvalue weighted by atomic mass is 32.2. The van der Waals surface area contributed by atoms with Gasteiger partial charge in [-0.2, -0.15) is 9.85 Å². The van der Waals surface area contributed by atoms with Crippen LogP contribution in [0.2, 0.25) is 0 Å². The van der Waals surface area contributed by atoms with E-state index in [2.05, 4.69) is 20.2 Å². The molecule has 1 unspecified atom stereocenters. The van der Waals surface area contributed by atoms with E-state index in [0.717, 1.165) is 24.6 Å². The lowest BCUT2D eigenvalue weighted by molar-refractivity contribution is -0.904. The fourth-order valence-electron chi connectivity index (χ4n) is 5.42. The molecule has 4 aliphatic heterocycles.